The van der Waals surface area contributed by atoms with E-state index in [1.165, 1.54) is 32.1 Å². The number of nitrogens with zero attached hydrogens (tertiary/aromatic N) is 1. The van der Waals surface area contributed by atoms with Crippen LogP contribution >= 0.6 is 0 Å². The highest BCUT2D eigenvalue weighted by Gasteiger charge is 2.25. The molecule has 0 fully saturated rings. The van der Waals surface area contributed by atoms with Crippen LogP contribution in [0.15, 0.2) is 48.6 Å². The van der Waals surface area contributed by atoms with Crippen molar-refractivity contribution in [3.8, 4) is 0 Å². The molecule has 0 saturated heterocycles. The van der Waals surface area contributed by atoms with Crippen LogP contribution < -0.4 is 5.11 Å². The van der Waals surface area contributed by atoms with Crippen LogP contribution in [0, 0.1) is 0 Å². The van der Waals surface area contributed by atoms with Crippen molar-refractivity contribution in [3.05, 3.63) is 48.6 Å². The first-order valence-electron chi connectivity index (χ1n) is 18.7. The van der Waals surface area contributed by atoms with Gasteiger partial charge in [0.2, 0.25) is 0 Å². The zero-order chi connectivity index (χ0) is 35.7. The lowest BCUT2D eigenvalue weighted by Crippen LogP contribution is -2.55. The van der Waals surface area contributed by atoms with Gasteiger partial charge < -0.3 is 28.6 Å². The number of carbonyl (C=O) groups is 3. The summed E-state index contributed by atoms with van der Waals surface area (Å²) in [4.78, 5) is 36.5. The first kappa shape index (κ1) is 45.3. The second kappa shape index (κ2) is 31.6. The molecule has 0 aromatic rings. The van der Waals surface area contributed by atoms with Gasteiger partial charge >= 0.3 is 11.9 Å². The van der Waals surface area contributed by atoms with Crippen molar-refractivity contribution >= 4 is 17.9 Å². The fourth-order valence-corrected chi connectivity index (χ4v) is 5.04. The largest absolute Gasteiger partial charge is 0.544 e. The molecule has 0 N–H and O–H groups in total. The van der Waals surface area contributed by atoms with E-state index < -0.39 is 18.1 Å². The molecule has 0 aliphatic carbocycles. The summed E-state index contributed by atoms with van der Waals surface area (Å²) in [5, 5.41) is 11.5. The highest BCUT2D eigenvalue weighted by molar-refractivity contribution is 5.70. The molecule has 276 valence electrons. The van der Waals surface area contributed by atoms with Crippen LogP contribution in [0.5, 0.6) is 0 Å². The van der Waals surface area contributed by atoms with Gasteiger partial charge in [0, 0.05) is 19.3 Å². The molecule has 2 atom stereocenters. The average molecular weight is 676 g/mol. The fraction of sp³-hybridized carbons (Fsp3) is 0.725. The van der Waals surface area contributed by atoms with Crippen molar-refractivity contribution < 1.29 is 38.2 Å². The lowest BCUT2D eigenvalue weighted by molar-refractivity contribution is -0.889. The van der Waals surface area contributed by atoms with Gasteiger partial charge in [-0.25, -0.2) is 0 Å². The zero-order valence-corrected chi connectivity index (χ0v) is 31.1. The third-order valence-electron chi connectivity index (χ3n) is 7.96. The minimum absolute atomic E-state index is 0.0196. The van der Waals surface area contributed by atoms with Crippen molar-refractivity contribution in [2.75, 3.05) is 41.0 Å². The standard InChI is InChI=1S/C40H69NO7/c1-6-8-10-12-14-16-17-18-19-20-21-22-23-25-26-28-30-38(42)47-35-36(34-46-33-32-37(40(44)45)41(3,4)5)48-39(43)31-29-27-24-15-13-11-9-7-2/h8,10,14,16,18-19,24,27,36-37H,6-7,9,11-13,15,17,20-23,25-26,28-35H2,1-5H3/b10-8+,16-14+,19-18+,27-24+. The SMILES string of the molecule is CC/C=C/C/C=C/C/C=C/CCCCCCCCC(=O)OCC(COCCC(C(=O)[O-])[N+](C)(C)C)OC(=O)CC/C=C/CCCCCC. The molecule has 2 unspecified atom stereocenters. The Labute approximate surface area is 293 Å². The Morgan fingerprint density at radius 1 is 0.646 bits per heavy atom. The van der Waals surface area contributed by atoms with Crippen molar-refractivity contribution in [2.45, 2.75) is 148 Å². The Morgan fingerprint density at radius 3 is 1.83 bits per heavy atom. The van der Waals surface area contributed by atoms with Crippen LogP contribution in [0.3, 0.4) is 0 Å². The number of aliphatic carboxylic acids is 1. The molecule has 0 heterocycles. The predicted molar refractivity (Wildman–Crippen MR) is 194 cm³/mol. The van der Waals surface area contributed by atoms with Crippen LogP contribution in [-0.2, 0) is 28.6 Å². The number of likely N-dealkylation sites (N-methyl/N-ethyl adjacent to an activating group) is 1. The first-order valence-corrected chi connectivity index (χ1v) is 18.7. The van der Waals surface area contributed by atoms with Crippen LogP contribution in [0.25, 0.3) is 0 Å². The van der Waals surface area contributed by atoms with Gasteiger partial charge in [-0.2, -0.15) is 0 Å². The van der Waals surface area contributed by atoms with E-state index in [4.69, 9.17) is 14.2 Å². The van der Waals surface area contributed by atoms with E-state index in [0.717, 1.165) is 64.2 Å². The van der Waals surface area contributed by atoms with Gasteiger partial charge in [-0.1, -0.05) is 107 Å². The molecule has 0 aliphatic rings. The Morgan fingerprint density at radius 2 is 1.21 bits per heavy atom. The Balaban J connectivity index is 4.41. The smallest absolute Gasteiger partial charge is 0.306 e. The number of carbonyl (C=O) groups excluding carboxylic acids is 3. The van der Waals surface area contributed by atoms with Gasteiger partial charge in [-0.3, -0.25) is 9.59 Å². The zero-order valence-electron chi connectivity index (χ0n) is 31.1. The molecular formula is C40H69NO7. The maximum Gasteiger partial charge on any atom is 0.306 e. The van der Waals surface area contributed by atoms with E-state index in [1.807, 2.05) is 6.08 Å². The highest BCUT2D eigenvalue weighted by atomic mass is 16.6. The lowest BCUT2D eigenvalue weighted by Gasteiger charge is -2.34. The fourth-order valence-electron chi connectivity index (χ4n) is 5.04. The molecule has 0 aliphatic heterocycles. The van der Waals surface area contributed by atoms with E-state index in [-0.39, 0.29) is 49.1 Å². The van der Waals surface area contributed by atoms with Gasteiger partial charge in [-0.15, -0.1) is 0 Å². The summed E-state index contributed by atoms with van der Waals surface area (Å²) in [6.45, 7) is 4.42. The molecular weight excluding hydrogens is 606 g/mol. The second-order valence-electron chi connectivity index (χ2n) is 13.4. The predicted octanol–water partition coefficient (Wildman–Crippen LogP) is 7.96. The number of hydrogen-bond donors (Lipinski definition) is 0. The van der Waals surface area contributed by atoms with Crippen molar-refractivity contribution in [3.63, 3.8) is 0 Å². The number of allylic oxidation sites excluding steroid dienone is 8. The topological polar surface area (TPSA) is 102 Å². The van der Waals surface area contributed by atoms with Gasteiger partial charge in [0.15, 0.2) is 6.10 Å². The minimum atomic E-state index is -1.14. The van der Waals surface area contributed by atoms with Crippen LogP contribution in [0.1, 0.15) is 136 Å². The number of ether oxygens (including phenoxy) is 3. The highest BCUT2D eigenvalue weighted by Crippen LogP contribution is 2.12. The summed E-state index contributed by atoms with van der Waals surface area (Å²) >= 11 is 0. The summed E-state index contributed by atoms with van der Waals surface area (Å²) in [7, 11) is 5.37. The summed E-state index contributed by atoms with van der Waals surface area (Å²) in [5.41, 5.74) is 0. The maximum atomic E-state index is 12.5. The third-order valence-corrected chi connectivity index (χ3v) is 7.96. The molecule has 0 amide bonds. The molecule has 0 bridgehead atoms. The van der Waals surface area contributed by atoms with E-state index in [1.54, 1.807) is 21.1 Å². The van der Waals surface area contributed by atoms with Crippen LogP contribution in [0.4, 0.5) is 0 Å². The Bertz CT molecular complexity index is 932. The Kier molecular flexibility index (Phi) is 29.8. The lowest BCUT2D eigenvalue weighted by atomic mass is 10.1. The van der Waals surface area contributed by atoms with Crippen molar-refractivity contribution in [1.82, 2.24) is 0 Å². The van der Waals surface area contributed by atoms with E-state index >= 15 is 0 Å². The molecule has 0 radical (unpaired) electrons. The first-order chi connectivity index (χ1) is 23.1. The summed E-state index contributed by atoms with van der Waals surface area (Å²) in [6, 6.07) is -0.731. The monoisotopic (exact) mass is 676 g/mol. The number of carboxylic acid groups (broad SMARTS) is 1. The summed E-state index contributed by atoms with van der Waals surface area (Å²) in [6.07, 6.45) is 34.4. The average Bonchev–Trinajstić information content (AvgIpc) is 3.03. The Hall–Kier alpha value is -2.71. The van der Waals surface area contributed by atoms with Crippen molar-refractivity contribution in [2.24, 2.45) is 0 Å². The van der Waals surface area contributed by atoms with E-state index in [0.29, 0.717) is 12.8 Å². The maximum absolute atomic E-state index is 12.5. The molecule has 8 heteroatoms. The summed E-state index contributed by atoms with van der Waals surface area (Å²) in [5.74, 6) is -1.83. The second-order valence-corrected chi connectivity index (χ2v) is 13.4. The molecule has 48 heavy (non-hydrogen) atoms. The number of unbranched alkanes of at least 4 members (excludes halogenated alkanes) is 10. The van der Waals surface area contributed by atoms with Crippen LogP contribution in [-0.4, -0.2) is 75.5 Å². The number of hydrogen-bond acceptors (Lipinski definition) is 7. The number of quaternary nitrogens is 1. The molecule has 0 aromatic heterocycles. The molecule has 0 aromatic carbocycles. The molecule has 0 saturated carbocycles. The van der Waals surface area contributed by atoms with Crippen molar-refractivity contribution in [1.29, 1.82) is 0 Å². The molecule has 0 rings (SSSR count). The van der Waals surface area contributed by atoms with E-state index in [2.05, 4.69) is 56.4 Å². The van der Waals surface area contributed by atoms with Gasteiger partial charge in [-0.05, 0) is 57.8 Å². The number of rotatable bonds is 32. The van der Waals surface area contributed by atoms with Crippen LogP contribution in [0.2, 0.25) is 0 Å². The van der Waals surface area contributed by atoms with Gasteiger partial charge in [0.05, 0.1) is 40.3 Å². The third kappa shape index (κ3) is 29.4. The molecule has 8 nitrogen and oxygen atoms in total. The molecule has 0 spiro atoms. The normalized spacial score (nSPS) is 13.6. The minimum Gasteiger partial charge on any atom is -0.544 e. The number of carboxylic acids is 1. The quantitative estimate of drug-likeness (QED) is 0.0309. The van der Waals surface area contributed by atoms with Gasteiger partial charge in [0.1, 0.15) is 12.6 Å². The number of esters is 2. The van der Waals surface area contributed by atoms with Gasteiger partial charge in [0.25, 0.3) is 0 Å². The van der Waals surface area contributed by atoms with E-state index in [9.17, 15) is 19.5 Å². The summed E-state index contributed by atoms with van der Waals surface area (Å²) < 4.78 is 17.0.